The van der Waals surface area contributed by atoms with Gasteiger partial charge in [0, 0.05) is 32.9 Å². The molecule has 0 aliphatic rings. The maximum Gasteiger partial charge on any atom is 0.179 e. The molecule has 2 aromatic heterocycles. The van der Waals surface area contributed by atoms with E-state index in [0.29, 0.717) is 4.57 Å². The molecule has 0 aliphatic heterocycles. The van der Waals surface area contributed by atoms with E-state index in [1.54, 1.807) is 0 Å². The molecule has 0 saturated heterocycles. The van der Waals surface area contributed by atoms with Gasteiger partial charge in [-0.2, -0.15) is 0 Å². The molecule has 3 heteroatoms. The fraction of sp³-hybridized carbons (Fsp3) is 0. The van der Waals surface area contributed by atoms with Crippen LogP contribution in [0.2, 0.25) is 0 Å². The summed E-state index contributed by atoms with van der Waals surface area (Å²) in [6.07, 6.45) is 0. The van der Waals surface area contributed by atoms with E-state index in [0.717, 1.165) is 4.57 Å². The summed E-state index contributed by atoms with van der Waals surface area (Å²) in [5.41, 5.74) is -10.4. The topological polar surface area (TPSA) is 9.86 Å². The van der Waals surface area contributed by atoms with Gasteiger partial charge in [-0.25, -0.2) is 0 Å². The molecule has 2 heterocycles. The van der Waals surface area contributed by atoms with Crippen LogP contribution in [0.5, 0.6) is 0 Å². The highest BCUT2D eigenvalue weighted by molar-refractivity contribution is 7.19. The second kappa shape index (κ2) is 18.5. The molecule has 0 spiro atoms. The molecule has 0 radical (unpaired) electrons. The molecule has 0 fully saturated rings. The first-order valence-electron chi connectivity index (χ1n) is 45.2. The fourth-order valence-electron chi connectivity index (χ4n) is 8.82. The van der Waals surface area contributed by atoms with Gasteiger partial charge in [-0.05, 0) is 138 Å². The summed E-state index contributed by atoms with van der Waals surface area (Å²) in [4.78, 5) is 0. The third kappa shape index (κ3) is 7.55. The zero-order valence-electron chi connectivity index (χ0n) is 83.7. The number of benzene rings is 12. The van der Waals surface area contributed by atoms with Crippen LogP contribution in [-0.2, 0) is 0 Å². The molecule has 0 atom stereocenters. The molecule has 0 N–H and O–H groups in total. The molecule has 352 valence electrons. The minimum absolute atomic E-state index is 0.0878. The predicted octanol–water partition coefficient (Wildman–Crippen LogP) is 15.9. The van der Waals surface area contributed by atoms with E-state index < -0.39 is 395 Å². The van der Waals surface area contributed by atoms with E-state index in [2.05, 4.69) is 0 Å². The number of fused-ring (bicyclic) bond motifs is 6. The average Bonchev–Trinajstić information content (AvgIpc) is 1.18. The molecule has 0 bridgehead atoms. The van der Waals surface area contributed by atoms with Crippen molar-refractivity contribution < 1.29 is 63.1 Å². The van der Waals surface area contributed by atoms with Gasteiger partial charge in [0.1, 0.15) is 0 Å². The van der Waals surface area contributed by atoms with Crippen molar-refractivity contribution >= 4 is 72.4 Å². The second-order valence-electron chi connectivity index (χ2n) is 16.1. The molecule has 0 amide bonds. The van der Waals surface area contributed by atoms with Crippen LogP contribution in [0.15, 0.2) is 302 Å². The van der Waals surface area contributed by atoms with E-state index in [4.69, 9.17) is 28.8 Å². The van der Waals surface area contributed by atoms with Gasteiger partial charge in [0.05, 0.1) is 85.1 Å². The Bertz CT molecular complexity index is 6920. The number of nitrogens with zero attached hydrogens (tertiary/aromatic N) is 2. The van der Waals surface area contributed by atoms with Gasteiger partial charge in [0.15, 0.2) is 8.07 Å². The fourth-order valence-corrected chi connectivity index (χ4v) is 12.4. The van der Waals surface area contributed by atoms with Crippen LogP contribution >= 0.6 is 0 Å². The Kier molecular flexibility index (Phi) is 4.33. The van der Waals surface area contributed by atoms with Crippen molar-refractivity contribution in [3.8, 4) is 55.9 Å². The predicted molar refractivity (Wildman–Crippen MR) is 320 cm³/mol. The monoisotopic (exact) mass is 1020 g/mol. The summed E-state index contributed by atoms with van der Waals surface area (Å²) in [5, 5.41) is -8.26. The van der Waals surface area contributed by atoms with Gasteiger partial charge >= 0.3 is 0 Å². The SMILES string of the molecule is [2H]c1c([2H])c([2H])c(-c2c([2H])c([2H])c([2H])c(-c3ccc(-n4c5c([2H])c([2H])c([2H])c([2H])c5c5c([2H])c(-c6c([2H])c([2H])c([2H])c(-c7c([2H])c([2H])c8c(c7[2H])c7c([2H])c([2H])c([2H])c([2H])c7n8-c7c([2H])c([2H])c([2H])c([Si](c8c([2H])c([2H])c([2H])c([2H])c8[2H])(c8c([2H])c([2H])c([2H])c([2H])c8[2H])c8c([2H])c([2H])c([2H])c([2H])c8[2H])c7[2H])c6[2H])c([2H])c([2H])c54)cc3)c2[2H])c([2H])c1[2H]. The molecule has 0 unspecified atom stereocenters. The zero-order chi connectivity index (χ0) is 89.7. The summed E-state index contributed by atoms with van der Waals surface area (Å²) in [5.74, 6) is 0. The Labute approximate surface area is 503 Å². The molecular weight excluding hydrogens is 921 g/mol. The first kappa shape index (κ1) is 17.6. The Morgan fingerprint density at radius 2 is 0.587 bits per heavy atom. The lowest BCUT2D eigenvalue weighted by atomic mass is 9.97. The lowest BCUT2D eigenvalue weighted by Crippen LogP contribution is -2.74. The minimum Gasteiger partial charge on any atom is -0.309 e. The Hall–Kier alpha value is -9.54. The summed E-state index contributed by atoms with van der Waals surface area (Å²) in [7, 11) is -6.68. The number of rotatable bonds is 10. The van der Waals surface area contributed by atoms with Crippen LogP contribution in [0.1, 0.15) is 63.1 Å². The van der Waals surface area contributed by atoms with E-state index in [1.165, 1.54) is 24.3 Å². The lowest BCUT2D eigenvalue weighted by Gasteiger charge is -2.34. The van der Waals surface area contributed by atoms with Crippen molar-refractivity contribution in [3.63, 3.8) is 0 Å². The largest absolute Gasteiger partial charge is 0.309 e. The van der Waals surface area contributed by atoms with Crippen LogP contribution in [0.4, 0.5) is 0 Å². The smallest absolute Gasteiger partial charge is 0.179 e. The van der Waals surface area contributed by atoms with Crippen LogP contribution < -0.4 is 20.7 Å². The number of aromatic nitrogens is 2. The number of hydrogen-bond donors (Lipinski definition) is 0. The normalized spacial score (nSPS) is 20.3. The molecular formula is C72H50N2Si. The van der Waals surface area contributed by atoms with Crippen molar-refractivity contribution in [2.75, 3.05) is 0 Å². The summed E-state index contributed by atoms with van der Waals surface area (Å²) in [6, 6.07) is -48.2. The summed E-state index contributed by atoms with van der Waals surface area (Å²) < 4.78 is 430. The molecule has 0 saturated carbocycles. The van der Waals surface area contributed by atoms with Gasteiger partial charge in [0.2, 0.25) is 0 Å². The van der Waals surface area contributed by atoms with Gasteiger partial charge in [-0.15, -0.1) is 0 Å². The molecule has 12 aromatic carbocycles. The average molecular weight is 1020 g/mol. The van der Waals surface area contributed by atoms with Crippen LogP contribution in [0, 0.1) is 0 Å². The molecule has 2 nitrogen and oxygen atoms in total. The summed E-state index contributed by atoms with van der Waals surface area (Å²) in [6.45, 7) is 0. The number of para-hydroxylation sites is 2. The summed E-state index contributed by atoms with van der Waals surface area (Å²) >= 11 is 0. The van der Waals surface area contributed by atoms with Gasteiger partial charge < -0.3 is 9.13 Å². The minimum atomic E-state index is -6.68. The third-order valence-corrected chi connectivity index (χ3v) is 16.1. The van der Waals surface area contributed by atoms with Crippen molar-refractivity contribution in [3.05, 3.63) is 302 Å². The molecule has 0 aliphatic carbocycles. The molecule has 14 aromatic rings. The van der Waals surface area contributed by atoms with Crippen molar-refractivity contribution in [1.82, 2.24) is 9.13 Å². The first-order valence-corrected chi connectivity index (χ1v) is 24.2. The Balaban J connectivity index is 1.08. The first-order chi connectivity index (χ1) is 56.3. The van der Waals surface area contributed by atoms with Crippen molar-refractivity contribution in [2.45, 2.75) is 0 Å². The van der Waals surface area contributed by atoms with Gasteiger partial charge in [-0.1, -0.05) is 230 Å². The maximum atomic E-state index is 10.6. The van der Waals surface area contributed by atoms with E-state index in [9.17, 15) is 34.3 Å². The maximum absolute atomic E-state index is 10.6. The Morgan fingerprint density at radius 1 is 0.227 bits per heavy atom. The van der Waals surface area contributed by atoms with Crippen molar-refractivity contribution in [1.29, 1.82) is 0 Å². The zero-order valence-corrected chi connectivity index (χ0v) is 38.7. The second-order valence-corrected chi connectivity index (χ2v) is 19.6. The molecule has 75 heavy (non-hydrogen) atoms. The number of hydrogen-bond acceptors (Lipinski definition) is 0. The van der Waals surface area contributed by atoms with Crippen LogP contribution in [0.3, 0.4) is 0 Å². The highest BCUT2D eigenvalue weighted by Crippen LogP contribution is 2.39. The van der Waals surface area contributed by atoms with Gasteiger partial charge in [-0.3, -0.25) is 0 Å². The van der Waals surface area contributed by atoms with Gasteiger partial charge in [0.25, 0.3) is 0 Å². The van der Waals surface area contributed by atoms with E-state index in [1.807, 2.05) is 0 Å². The van der Waals surface area contributed by atoms with E-state index in [-0.39, 0.29) is 11.3 Å². The third-order valence-electron chi connectivity index (χ3n) is 12.1. The highest BCUT2D eigenvalue weighted by Gasteiger charge is 2.41. The molecule has 14 rings (SSSR count). The van der Waals surface area contributed by atoms with Crippen LogP contribution in [-0.4, -0.2) is 17.2 Å². The Morgan fingerprint density at radius 3 is 1.09 bits per heavy atom. The van der Waals surface area contributed by atoms with E-state index >= 15 is 0 Å². The van der Waals surface area contributed by atoms with Crippen molar-refractivity contribution in [2.24, 2.45) is 0 Å². The lowest BCUT2D eigenvalue weighted by molar-refractivity contribution is 1.18. The standard InChI is InChI=1S/C72H50N2Si/c1-5-20-51(21-6-1)53-22-17-23-54(46-53)52-38-42-59(43-39-52)73-69-36-15-13-34-65(69)67-48-57(40-44-71(67)73)55-24-18-25-56(47-55)58-41-45-72-68(49-58)66-35-14-16-37-70(66)74(72)60-26-19-33-64(50-60)75(61-27-7-2-8-28-61,62-29-9-3-10-30-62)63-31-11-4-12-32-63/h1-50H/i1D,2D,3D,4D,5D,6D,7D,8D,9D,10D,11D,12D,13D,14D,15D,16D,17D,18D,19D,20D,21D,22D,23D,24D,25D,26D,27D,28D,29D,30D,31D,32D,33D,34D,35D,36D,37D,40D,41D,44D,45D,46D,47D,48D,49D,50D. The van der Waals surface area contributed by atoms with Crippen LogP contribution in [0.25, 0.3) is 99.5 Å². The highest BCUT2D eigenvalue weighted by atomic mass is 28.3. The quantitative estimate of drug-likeness (QED) is 0.0954.